The van der Waals surface area contributed by atoms with Gasteiger partial charge >= 0.3 is 6.03 Å². The molecule has 0 bridgehead atoms. The Bertz CT molecular complexity index is 256. The van der Waals surface area contributed by atoms with Gasteiger partial charge in [-0.05, 0) is 38.2 Å². The average Bonchev–Trinajstić information content (AvgIpc) is 2.08. The van der Waals surface area contributed by atoms with Crippen molar-refractivity contribution >= 4 is 12.2 Å². The van der Waals surface area contributed by atoms with Gasteiger partial charge in [-0.2, -0.15) is 5.10 Å². The van der Waals surface area contributed by atoms with E-state index < -0.39 is 6.03 Å². The number of carbonyl (C=O) groups excluding carboxylic acids is 1. The number of allylic oxidation sites excluding steroid dienone is 2. The highest BCUT2D eigenvalue weighted by Gasteiger charge is 2.06. The zero-order valence-corrected chi connectivity index (χ0v) is 7.84. The molecule has 3 N–H and O–H groups in total. The van der Waals surface area contributed by atoms with Crippen molar-refractivity contribution in [1.82, 2.24) is 5.43 Å². The van der Waals surface area contributed by atoms with Gasteiger partial charge in [0.25, 0.3) is 0 Å². The van der Waals surface area contributed by atoms with Gasteiger partial charge in [-0.3, -0.25) is 0 Å². The summed E-state index contributed by atoms with van der Waals surface area (Å²) in [6.07, 6.45) is 6.34. The Morgan fingerprint density at radius 2 is 2.23 bits per heavy atom. The summed E-state index contributed by atoms with van der Waals surface area (Å²) >= 11 is 0. The lowest BCUT2D eigenvalue weighted by Gasteiger charge is -2.13. The Balaban J connectivity index is 2.51. The van der Waals surface area contributed by atoms with Crippen molar-refractivity contribution in [3.05, 3.63) is 11.1 Å². The first-order valence-electron chi connectivity index (χ1n) is 4.47. The van der Waals surface area contributed by atoms with Crippen LogP contribution in [0.4, 0.5) is 4.79 Å². The minimum Gasteiger partial charge on any atom is -0.350 e. The van der Waals surface area contributed by atoms with Crippen LogP contribution in [0, 0.1) is 0 Å². The van der Waals surface area contributed by atoms with E-state index >= 15 is 0 Å². The Labute approximate surface area is 77.9 Å². The molecular weight excluding hydrogens is 166 g/mol. The van der Waals surface area contributed by atoms with Crippen LogP contribution in [0.15, 0.2) is 16.2 Å². The minimum absolute atomic E-state index is 0.620. The highest BCUT2D eigenvalue weighted by molar-refractivity contribution is 5.81. The van der Waals surface area contributed by atoms with Crippen molar-refractivity contribution in [1.29, 1.82) is 0 Å². The number of urea groups is 1. The summed E-state index contributed by atoms with van der Waals surface area (Å²) in [5, 5.41) is 3.74. The molecule has 0 saturated carbocycles. The average molecular weight is 181 g/mol. The fourth-order valence-electron chi connectivity index (χ4n) is 1.43. The number of nitrogens with one attached hydrogen (secondary N) is 1. The number of rotatable bonds is 2. The SMILES string of the molecule is CC1=C(/C=N\NC(N)=O)CCCC1. The summed E-state index contributed by atoms with van der Waals surface area (Å²) in [6, 6.07) is -0.620. The number of hydrogen-bond acceptors (Lipinski definition) is 2. The molecule has 0 unspecified atom stereocenters. The van der Waals surface area contributed by atoms with Gasteiger partial charge in [-0.15, -0.1) is 0 Å². The van der Waals surface area contributed by atoms with E-state index in [9.17, 15) is 4.79 Å². The summed E-state index contributed by atoms with van der Waals surface area (Å²) in [4.78, 5) is 10.3. The molecule has 0 aromatic carbocycles. The van der Waals surface area contributed by atoms with Crippen molar-refractivity contribution in [3.8, 4) is 0 Å². The van der Waals surface area contributed by atoms with E-state index in [1.165, 1.54) is 24.0 Å². The van der Waals surface area contributed by atoms with Gasteiger partial charge < -0.3 is 5.73 Å². The number of hydrogen-bond donors (Lipinski definition) is 2. The molecule has 2 amide bonds. The van der Waals surface area contributed by atoms with E-state index in [0.29, 0.717) is 0 Å². The fraction of sp³-hybridized carbons (Fsp3) is 0.556. The zero-order valence-electron chi connectivity index (χ0n) is 7.84. The first kappa shape index (κ1) is 9.77. The van der Waals surface area contributed by atoms with E-state index in [0.717, 1.165) is 12.8 Å². The van der Waals surface area contributed by atoms with Crippen LogP contribution >= 0.6 is 0 Å². The molecule has 13 heavy (non-hydrogen) atoms. The molecule has 1 rings (SSSR count). The number of nitrogens with two attached hydrogens (primary N) is 1. The largest absolute Gasteiger partial charge is 0.350 e. The second-order valence-electron chi connectivity index (χ2n) is 3.25. The van der Waals surface area contributed by atoms with Crippen LogP contribution in [0.5, 0.6) is 0 Å². The van der Waals surface area contributed by atoms with Crippen molar-refractivity contribution < 1.29 is 4.79 Å². The molecular formula is C9H15N3O. The summed E-state index contributed by atoms with van der Waals surface area (Å²) in [5.74, 6) is 0. The predicted molar refractivity (Wildman–Crippen MR) is 52.4 cm³/mol. The van der Waals surface area contributed by atoms with E-state index in [1.807, 2.05) is 0 Å². The lowest BCUT2D eigenvalue weighted by Crippen LogP contribution is -2.24. The highest BCUT2D eigenvalue weighted by Crippen LogP contribution is 2.22. The number of carbonyl (C=O) groups is 1. The van der Waals surface area contributed by atoms with Gasteiger partial charge in [0.2, 0.25) is 0 Å². The van der Waals surface area contributed by atoms with Crippen molar-refractivity contribution in [2.45, 2.75) is 32.6 Å². The molecule has 4 heteroatoms. The standard InChI is InChI=1S/C9H15N3O/c1-7-4-2-3-5-8(7)6-11-12-9(10)13/h6H,2-5H2,1H3,(H3,10,12,13)/b11-6-. The lowest BCUT2D eigenvalue weighted by atomic mass is 9.94. The quantitative estimate of drug-likeness (QED) is 0.492. The number of primary amides is 1. The van der Waals surface area contributed by atoms with Crippen molar-refractivity contribution in [2.24, 2.45) is 10.8 Å². The topological polar surface area (TPSA) is 67.5 Å². The van der Waals surface area contributed by atoms with Crippen molar-refractivity contribution in [3.63, 3.8) is 0 Å². The van der Waals surface area contributed by atoms with Crippen molar-refractivity contribution in [2.75, 3.05) is 0 Å². The molecule has 0 aromatic rings. The molecule has 0 aliphatic heterocycles. The lowest BCUT2D eigenvalue weighted by molar-refractivity contribution is 0.249. The molecule has 0 saturated heterocycles. The second-order valence-corrected chi connectivity index (χ2v) is 3.25. The van der Waals surface area contributed by atoms with Crippen LogP contribution in [-0.4, -0.2) is 12.2 Å². The molecule has 0 radical (unpaired) electrons. The maximum Gasteiger partial charge on any atom is 0.332 e. The molecule has 4 nitrogen and oxygen atoms in total. The van der Waals surface area contributed by atoms with Gasteiger partial charge in [-0.1, -0.05) is 5.57 Å². The maximum absolute atomic E-state index is 10.3. The van der Waals surface area contributed by atoms with Crippen LogP contribution in [0.25, 0.3) is 0 Å². The molecule has 0 atom stereocenters. The predicted octanol–water partition coefficient (Wildman–Crippen LogP) is 1.53. The Morgan fingerprint density at radius 3 is 2.85 bits per heavy atom. The second kappa shape index (κ2) is 4.64. The molecule has 0 fully saturated rings. The number of nitrogens with zero attached hydrogens (tertiary/aromatic N) is 1. The van der Waals surface area contributed by atoms with Crippen LogP contribution in [0.1, 0.15) is 32.6 Å². The third-order valence-electron chi connectivity index (χ3n) is 2.19. The Kier molecular flexibility index (Phi) is 3.49. The van der Waals surface area contributed by atoms with Crippen LogP contribution in [0.2, 0.25) is 0 Å². The molecule has 1 aliphatic carbocycles. The van der Waals surface area contributed by atoms with Crippen LogP contribution < -0.4 is 11.2 Å². The minimum atomic E-state index is -0.620. The molecule has 72 valence electrons. The first-order chi connectivity index (χ1) is 6.20. The molecule has 0 aromatic heterocycles. The van der Waals surface area contributed by atoms with Gasteiger partial charge in [-0.25, -0.2) is 10.2 Å². The van der Waals surface area contributed by atoms with E-state index in [2.05, 4.69) is 17.5 Å². The molecule has 0 spiro atoms. The number of hydrazone groups is 1. The highest BCUT2D eigenvalue weighted by atomic mass is 16.2. The summed E-state index contributed by atoms with van der Waals surface area (Å²) in [6.45, 7) is 2.10. The summed E-state index contributed by atoms with van der Waals surface area (Å²) < 4.78 is 0. The third kappa shape index (κ3) is 3.27. The van der Waals surface area contributed by atoms with Gasteiger partial charge in [0.15, 0.2) is 0 Å². The monoisotopic (exact) mass is 181 g/mol. The Hall–Kier alpha value is -1.32. The molecule has 1 aliphatic rings. The van der Waals surface area contributed by atoms with E-state index in [4.69, 9.17) is 5.73 Å². The van der Waals surface area contributed by atoms with E-state index in [1.54, 1.807) is 6.21 Å². The van der Waals surface area contributed by atoms with Gasteiger partial charge in [0, 0.05) is 0 Å². The smallest absolute Gasteiger partial charge is 0.332 e. The van der Waals surface area contributed by atoms with E-state index in [-0.39, 0.29) is 0 Å². The van der Waals surface area contributed by atoms with Gasteiger partial charge in [0.05, 0.1) is 6.21 Å². The number of amides is 2. The molecule has 0 heterocycles. The zero-order chi connectivity index (χ0) is 9.68. The summed E-state index contributed by atoms with van der Waals surface area (Å²) in [5.41, 5.74) is 9.63. The summed E-state index contributed by atoms with van der Waals surface area (Å²) in [7, 11) is 0. The van der Waals surface area contributed by atoms with Crippen LogP contribution in [-0.2, 0) is 0 Å². The fourth-order valence-corrected chi connectivity index (χ4v) is 1.43. The Morgan fingerprint density at radius 1 is 1.54 bits per heavy atom. The third-order valence-corrected chi connectivity index (χ3v) is 2.19. The van der Waals surface area contributed by atoms with Crippen LogP contribution in [0.3, 0.4) is 0 Å². The maximum atomic E-state index is 10.3. The normalized spacial score (nSPS) is 17.9. The first-order valence-corrected chi connectivity index (χ1v) is 4.47. The van der Waals surface area contributed by atoms with Gasteiger partial charge in [0.1, 0.15) is 0 Å².